The van der Waals surface area contributed by atoms with Crippen molar-refractivity contribution in [2.75, 3.05) is 5.73 Å². The van der Waals surface area contributed by atoms with E-state index in [2.05, 4.69) is 10.3 Å². The van der Waals surface area contributed by atoms with Crippen LogP contribution in [0.15, 0.2) is 29.3 Å². The second-order valence-electron chi connectivity index (χ2n) is 2.33. The Labute approximate surface area is 75.7 Å². The van der Waals surface area contributed by atoms with E-state index in [9.17, 15) is 0 Å². The van der Waals surface area contributed by atoms with Crippen molar-refractivity contribution in [3.05, 3.63) is 24.3 Å². The second kappa shape index (κ2) is 3.97. The number of hydrogen-bond donors (Lipinski definition) is 3. The Morgan fingerprint density at radius 2 is 2.31 bits per heavy atom. The molecule has 0 radical (unpaired) electrons. The standard InChI is InChI=1S/C8H9N5/c9-5-12-8(11)13-7-3-1-2-6(10)4-7/h1-4H,10H2,(H3,11,12,13). The van der Waals surface area contributed by atoms with Gasteiger partial charge < -0.3 is 11.5 Å². The summed E-state index contributed by atoms with van der Waals surface area (Å²) in [6.07, 6.45) is 1.67. The van der Waals surface area contributed by atoms with Crippen LogP contribution in [0, 0.1) is 11.5 Å². The second-order valence-corrected chi connectivity index (χ2v) is 2.33. The molecule has 0 aromatic heterocycles. The van der Waals surface area contributed by atoms with Gasteiger partial charge in [-0.15, -0.1) is 0 Å². The average molecular weight is 175 g/mol. The van der Waals surface area contributed by atoms with Crippen molar-refractivity contribution >= 4 is 17.3 Å². The van der Waals surface area contributed by atoms with Crippen LogP contribution in [0.1, 0.15) is 0 Å². The van der Waals surface area contributed by atoms with E-state index < -0.39 is 0 Å². The SMILES string of the molecule is N#CNC(N)=Nc1cccc(N)c1. The Morgan fingerprint density at radius 3 is 2.92 bits per heavy atom. The van der Waals surface area contributed by atoms with Crippen molar-refractivity contribution in [2.24, 2.45) is 10.7 Å². The van der Waals surface area contributed by atoms with E-state index in [1.165, 1.54) is 0 Å². The molecule has 66 valence electrons. The van der Waals surface area contributed by atoms with E-state index in [1.807, 2.05) is 0 Å². The Hall–Kier alpha value is -2.22. The molecule has 0 amide bonds. The summed E-state index contributed by atoms with van der Waals surface area (Å²) in [5.41, 5.74) is 12.1. The lowest BCUT2D eigenvalue weighted by Crippen LogP contribution is -2.26. The van der Waals surface area contributed by atoms with E-state index in [4.69, 9.17) is 16.7 Å². The van der Waals surface area contributed by atoms with Gasteiger partial charge in [0.25, 0.3) is 0 Å². The number of nitrogens with zero attached hydrogens (tertiary/aromatic N) is 2. The summed E-state index contributed by atoms with van der Waals surface area (Å²) in [5.74, 6) is 0.0492. The summed E-state index contributed by atoms with van der Waals surface area (Å²) >= 11 is 0. The summed E-state index contributed by atoms with van der Waals surface area (Å²) < 4.78 is 0. The predicted molar refractivity (Wildman–Crippen MR) is 50.9 cm³/mol. The lowest BCUT2D eigenvalue weighted by molar-refractivity contribution is 1.22. The minimum atomic E-state index is 0.0492. The van der Waals surface area contributed by atoms with Crippen LogP contribution in [0.25, 0.3) is 0 Å². The third-order valence-corrected chi connectivity index (χ3v) is 1.30. The van der Waals surface area contributed by atoms with Gasteiger partial charge in [-0.25, -0.2) is 4.99 Å². The highest BCUT2D eigenvalue weighted by atomic mass is 15.1. The lowest BCUT2D eigenvalue weighted by Gasteiger charge is -1.97. The van der Waals surface area contributed by atoms with Gasteiger partial charge in [-0.05, 0) is 18.2 Å². The first kappa shape index (κ1) is 8.87. The van der Waals surface area contributed by atoms with Crippen molar-refractivity contribution in [1.29, 1.82) is 5.26 Å². The number of nitrogens with two attached hydrogens (primary N) is 2. The van der Waals surface area contributed by atoms with Gasteiger partial charge >= 0.3 is 0 Å². The Morgan fingerprint density at radius 1 is 1.54 bits per heavy atom. The molecule has 5 nitrogen and oxygen atoms in total. The number of nitrogens with one attached hydrogen (secondary N) is 1. The first-order valence-electron chi connectivity index (χ1n) is 3.57. The van der Waals surface area contributed by atoms with Crippen LogP contribution in [0.5, 0.6) is 0 Å². The number of aliphatic imine (C=N–C) groups is 1. The van der Waals surface area contributed by atoms with E-state index in [0.29, 0.717) is 11.4 Å². The average Bonchev–Trinajstić information content (AvgIpc) is 2.04. The number of benzene rings is 1. The van der Waals surface area contributed by atoms with Crippen LogP contribution in [0.2, 0.25) is 0 Å². The van der Waals surface area contributed by atoms with Gasteiger partial charge in [0.1, 0.15) is 0 Å². The number of hydrogen-bond acceptors (Lipinski definition) is 3. The third-order valence-electron chi connectivity index (χ3n) is 1.30. The number of nitriles is 1. The van der Waals surface area contributed by atoms with Crippen LogP contribution in [-0.4, -0.2) is 5.96 Å². The fourth-order valence-corrected chi connectivity index (χ4v) is 0.819. The number of nitrogen functional groups attached to an aromatic ring is 1. The number of anilines is 1. The minimum Gasteiger partial charge on any atom is -0.399 e. The fourth-order valence-electron chi connectivity index (χ4n) is 0.819. The highest BCUT2D eigenvalue weighted by Gasteiger charge is 1.92. The minimum absolute atomic E-state index is 0.0492. The maximum Gasteiger partial charge on any atom is 0.207 e. The monoisotopic (exact) mass is 175 g/mol. The normalized spacial score (nSPS) is 10.5. The molecule has 1 aromatic carbocycles. The van der Waals surface area contributed by atoms with E-state index in [1.54, 1.807) is 30.5 Å². The number of rotatable bonds is 1. The molecule has 0 aliphatic carbocycles. The molecule has 0 saturated carbocycles. The molecular formula is C8H9N5. The summed E-state index contributed by atoms with van der Waals surface area (Å²) in [6, 6.07) is 6.90. The molecule has 0 heterocycles. The van der Waals surface area contributed by atoms with E-state index in [0.717, 1.165) is 0 Å². The van der Waals surface area contributed by atoms with Gasteiger partial charge in [-0.3, -0.25) is 5.32 Å². The van der Waals surface area contributed by atoms with Crippen LogP contribution in [0.4, 0.5) is 11.4 Å². The topological polar surface area (TPSA) is 100 Å². The molecular weight excluding hydrogens is 166 g/mol. The maximum absolute atomic E-state index is 8.22. The van der Waals surface area contributed by atoms with Gasteiger partial charge in [0.05, 0.1) is 5.69 Å². The van der Waals surface area contributed by atoms with Crippen molar-refractivity contribution in [2.45, 2.75) is 0 Å². The first-order valence-corrected chi connectivity index (χ1v) is 3.57. The highest BCUT2D eigenvalue weighted by Crippen LogP contribution is 2.14. The Bertz CT molecular complexity index is 363. The molecule has 1 rings (SSSR count). The molecule has 0 saturated heterocycles. The van der Waals surface area contributed by atoms with Gasteiger partial charge in [0.2, 0.25) is 5.96 Å². The molecule has 0 fully saturated rings. The Balaban J connectivity index is 2.86. The van der Waals surface area contributed by atoms with Gasteiger partial charge in [0.15, 0.2) is 6.19 Å². The van der Waals surface area contributed by atoms with Crippen molar-refractivity contribution in [1.82, 2.24) is 5.32 Å². The zero-order chi connectivity index (χ0) is 9.68. The highest BCUT2D eigenvalue weighted by molar-refractivity contribution is 5.82. The molecule has 5 N–H and O–H groups in total. The summed E-state index contributed by atoms with van der Waals surface area (Å²) in [6.45, 7) is 0. The fraction of sp³-hybridized carbons (Fsp3) is 0. The molecule has 0 atom stereocenters. The van der Waals surface area contributed by atoms with Crippen LogP contribution >= 0.6 is 0 Å². The van der Waals surface area contributed by atoms with E-state index >= 15 is 0 Å². The van der Waals surface area contributed by atoms with Gasteiger partial charge in [0, 0.05) is 5.69 Å². The molecule has 5 heteroatoms. The molecule has 13 heavy (non-hydrogen) atoms. The van der Waals surface area contributed by atoms with E-state index in [-0.39, 0.29) is 5.96 Å². The smallest absolute Gasteiger partial charge is 0.207 e. The first-order chi connectivity index (χ1) is 6.22. The molecule has 0 aliphatic heterocycles. The molecule has 1 aromatic rings. The summed E-state index contributed by atoms with van der Waals surface area (Å²) in [4.78, 5) is 3.89. The summed E-state index contributed by atoms with van der Waals surface area (Å²) in [7, 11) is 0. The zero-order valence-corrected chi connectivity index (χ0v) is 6.86. The largest absolute Gasteiger partial charge is 0.399 e. The third kappa shape index (κ3) is 2.71. The van der Waals surface area contributed by atoms with Gasteiger partial charge in [-0.2, -0.15) is 5.26 Å². The molecule has 0 bridgehead atoms. The molecule has 0 spiro atoms. The molecule has 0 unspecified atom stereocenters. The van der Waals surface area contributed by atoms with Crippen molar-refractivity contribution < 1.29 is 0 Å². The number of guanidine groups is 1. The molecule has 0 aliphatic rings. The van der Waals surface area contributed by atoms with Gasteiger partial charge in [-0.1, -0.05) is 6.07 Å². The van der Waals surface area contributed by atoms with Crippen LogP contribution in [0.3, 0.4) is 0 Å². The quantitative estimate of drug-likeness (QED) is 0.188. The zero-order valence-electron chi connectivity index (χ0n) is 6.86. The van der Waals surface area contributed by atoms with Crippen molar-refractivity contribution in [3.8, 4) is 6.19 Å². The lowest BCUT2D eigenvalue weighted by atomic mass is 10.3. The Kier molecular flexibility index (Phi) is 2.71. The summed E-state index contributed by atoms with van der Waals surface area (Å²) in [5, 5.41) is 10.4. The maximum atomic E-state index is 8.22. The van der Waals surface area contributed by atoms with Crippen molar-refractivity contribution in [3.63, 3.8) is 0 Å². The van der Waals surface area contributed by atoms with Crippen LogP contribution < -0.4 is 16.8 Å². The van der Waals surface area contributed by atoms with Crippen LogP contribution in [-0.2, 0) is 0 Å². The predicted octanol–water partition coefficient (Wildman–Crippen LogP) is 0.286.